The summed E-state index contributed by atoms with van der Waals surface area (Å²) in [7, 11) is 1.40. The lowest BCUT2D eigenvalue weighted by Crippen LogP contribution is -2.35. The van der Waals surface area contributed by atoms with Crippen LogP contribution in [0.15, 0.2) is 12.1 Å². The van der Waals surface area contributed by atoms with Crippen LogP contribution >= 0.6 is 0 Å². The van der Waals surface area contributed by atoms with Gasteiger partial charge in [0.25, 0.3) is 0 Å². The highest BCUT2D eigenvalue weighted by molar-refractivity contribution is 6.01. The second kappa shape index (κ2) is 3.80. The number of carboxylic acids is 1. The van der Waals surface area contributed by atoms with Crippen LogP contribution in [0.4, 0.5) is 14.5 Å². The standard InChI is InChI=1S/C11H9F2NO3/c1-14-9-4-8(13)7(12)2-5(9)6(11(16)17)3-10(14)15/h2,4,6H,3H2,1H3,(H,16,17). The SMILES string of the molecule is CN1C(=O)CC(C(=O)O)c2cc(F)c(F)cc21. The first kappa shape index (κ1) is 11.5. The summed E-state index contributed by atoms with van der Waals surface area (Å²) in [4.78, 5) is 23.6. The molecule has 0 spiro atoms. The van der Waals surface area contributed by atoms with E-state index >= 15 is 0 Å². The van der Waals surface area contributed by atoms with Crippen LogP contribution in [0.25, 0.3) is 0 Å². The molecule has 6 heteroatoms. The van der Waals surface area contributed by atoms with Crippen molar-refractivity contribution in [2.75, 3.05) is 11.9 Å². The molecule has 1 amide bonds. The molecule has 2 rings (SSSR count). The Morgan fingerprint density at radius 3 is 2.59 bits per heavy atom. The molecule has 0 fully saturated rings. The largest absolute Gasteiger partial charge is 0.481 e. The Kier molecular flexibility index (Phi) is 2.57. The molecule has 1 aromatic carbocycles. The molecule has 1 aromatic rings. The van der Waals surface area contributed by atoms with E-state index in [1.807, 2.05) is 0 Å². The number of carbonyl (C=O) groups excluding carboxylic acids is 1. The van der Waals surface area contributed by atoms with E-state index in [2.05, 4.69) is 0 Å². The Labute approximate surface area is 95.5 Å². The fourth-order valence-electron chi connectivity index (χ4n) is 1.90. The number of hydrogen-bond acceptors (Lipinski definition) is 2. The molecule has 0 saturated carbocycles. The van der Waals surface area contributed by atoms with Crippen LogP contribution in [0.2, 0.25) is 0 Å². The fourth-order valence-corrected chi connectivity index (χ4v) is 1.90. The van der Waals surface area contributed by atoms with Gasteiger partial charge < -0.3 is 10.0 Å². The summed E-state index contributed by atoms with van der Waals surface area (Å²) in [6.07, 6.45) is -0.246. The van der Waals surface area contributed by atoms with Gasteiger partial charge in [-0.1, -0.05) is 0 Å². The number of amides is 1. The number of carboxylic acid groups (broad SMARTS) is 1. The van der Waals surface area contributed by atoms with Crippen LogP contribution in [-0.2, 0) is 9.59 Å². The molecule has 0 bridgehead atoms. The highest BCUT2D eigenvalue weighted by Crippen LogP contribution is 2.36. The lowest BCUT2D eigenvalue weighted by molar-refractivity contribution is -0.140. The van der Waals surface area contributed by atoms with Crippen LogP contribution in [0.1, 0.15) is 17.9 Å². The molecule has 1 atom stereocenters. The van der Waals surface area contributed by atoms with Gasteiger partial charge >= 0.3 is 5.97 Å². The van der Waals surface area contributed by atoms with Crippen LogP contribution in [0.5, 0.6) is 0 Å². The molecule has 1 unspecified atom stereocenters. The molecular weight excluding hydrogens is 232 g/mol. The van der Waals surface area contributed by atoms with Crippen molar-refractivity contribution in [3.05, 3.63) is 29.3 Å². The Hall–Kier alpha value is -1.98. The predicted molar refractivity (Wildman–Crippen MR) is 54.8 cm³/mol. The van der Waals surface area contributed by atoms with Crippen molar-refractivity contribution in [2.24, 2.45) is 0 Å². The topological polar surface area (TPSA) is 57.6 Å². The van der Waals surface area contributed by atoms with Gasteiger partial charge in [-0.25, -0.2) is 8.78 Å². The van der Waals surface area contributed by atoms with Crippen molar-refractivity contribution in [3.8, 4) is 0 Å². The van der Waals surface area contributed by atoms with E-state index in [0.717, 1.165) is 17.0 Å². The predicted octanol–water partition coefficient (Wildman–Crippen LogP) is 1.50. The van der Waals surface area contributed by atoms with Crippen molar-refractivity contribution >= 4 is 17.6 Å². The number of hydrogen-bond donors (Lipinski definition) is 1. The Morgan fingerprint density at radius 1 is 1.41 bits per heavy atom. The number of rotatable bonds is 1. The molecule has 0 radical (unpaired) electrons. The van der Waals surface area contributed by atoms with E-state index in [4.69, 9.17) is 5.11 Å². The lowest BCUT2D eigenvalue weighted by Gasteiger charge is -2.29. The first-order chi connectivity index (χ1) is 7.91. The molecule has 1 heterocycles. The van der Waals surface area contributed by atoms with E-state index in [1.54, 1.807) is 0 Å². The summed E-state index contributed by atoms with van der Waals surface area (Å²) in [5.41, 5.74) is 0.228. The number of carbonyl (C=O) groups is 2. The van der Waals surface area contributed by atoms with Gasteiger partial charge in [0.15, 0.2) is 11.6 Å². The van der Waals surface area contributed by atoms with Crippen molar-refractivity contribution in [1.82, 2.24) is 0 Å². The molecule has 0 aromatic heterocycles. The molecule has 0 aliphatic carbocycles. The van der Waals surface area contributed by atoms with E-state index in [9.17, 15) is 18.4 Å². The zero-order chi connectivity index (χ0) is 12.7. The smallest absolute Gasteiger partial charge is 0.311 e. The summed E-state index contributed by atoms with van der Waals surface area (Å²) in [6, 6.07) is 1.68. The molecule has 1 aliphatic heterocycles. The Morgan fingerprint density at radius 2 is 2.00 bits per heavy atom. The number of halogens is 2. The number of benzene rings is 1. The lowest BCUT2D eigenvalue weighted by atomic mass is 9.89. The summed E-state index contributed by atoms with van der Waals surface area (Å²) >= 11 is 0. The molecule has 1 aliphatic rings. The summed E-state index contributed by atoms with van der Waals surface area (Å²) in [6.45, 7) is 0. The average molecular weight is 241 g/mol. The van der Waals surface area contributed by atoms with Crippen molar-refractivity contribution < 1.29 is 23.5 Å². The van der Waals surface area contributed by atoms with Gasteiger partial charge in [-0.3, -0.25) is 9.59 Å². The molecular formula is C11H9F2NO3. The van der Waals surface area contributed by atoms with Gasteiger partial charge in [-0.05, 0) is 11.6 Å². The number of aliphatic carboxylic acids is 1. The van der Waals surface area contributed by atoms with Crippen molar-refractivity contribution in [2.45, 2.75) is 12.3 Å². The molecule has 90 valence electrons. The third-order valence-corrected chi connectivity index (χ3v) is 2.86. The second-order valence-corrected chi connectivity index (χ2v) is 3.87. The van der Waals surface area contributed by atoms with Crippen LogP contribution in [0, 0.1) is 11.6 Å². The van der Waals surface area contributed by atoms with E-state index < -0.39 is 29.4 Å². The first-order valence-corrected chi connectivity index (χ1v) is 4.90. The van der Waals surface area contributed by atoms with Crippen molar-refractivity contribution in [1.29, 1.82) is 0 Å². The van der Waals surface area contributed by atoms with Gasteiger partial charge in [-0.15, -0.1) is 0 Å². The second-order valence-electron chi connectivity index (χ2n) is 3.87. The number of fused-ring (bicyclic) bond motifs is 1. The van der Waals surface area contributed by atoms with Gasteiger partial charge in [-0.2, -0.15) is 0 Å². The fraction of sp³-hybridized carbons (Fsp3) is 0.273. The van der Waals surface area contributed by atoms with Gasteiger partial charge in [0.1, 0.15) is 0 Å². The van der Waals surface area contributed by atoms with Crippen LogP contribution in [0.3, 0.4) is 0 Å². The summed E-state index contributed by atoms with van der Waals surface area (Å²) in [5, 5.41) is 8.96. The zero-order valence-corrected chi connectivity index (χ0v) is 8.91. The minimum atomic E-state index is -1.22. The van der Waals surface area contributed by atoms with Crippen LogP contribution < -0.4 is 4.90 Å². The maximum absolute atomic E-state index is 13.1. The van der Waals surface area contributed by atoms with E-state index in [1.165, 1.54) is 7.05 Å². The third kappa shape index (κ3) is 1.75. The zero-order valence-electron chi connectivity index (χ0n) is 8.91. The summed E-state index contributed by atoms with van der Waals surface area (Å²) < 4.78 is 26.2. The Bertz CT molecular complexity index is 516. The highest BCUT2D eigenvalue weighted by atomic mass is 19.2. The third-order valence-electron chi connectivity index (χ3n) is 2.86. The summed E-state index contributed by atoms with van der Waals surface area (Å²) in [5.74, 6) is -4.99. The van der Waals surface area contributed by atoms with E-state index in [0.29, 0.717) is 0 Å². The average Bonchev–Trinajstić information content (AvgIpc) is 2.26. The highest BCUT2D eigenvalue weighted by Gasteiger charge is 2.34. The molecule has 17 heavy (non-hydrogen) atoms. The molecule has 0 saturated heterocycles. The molecule has 1 N–H and O–H groups in total. The molecule has 4 nitrogen and oxygen atoms in total. The quantitative estimate of drug-likeness (QED) is 0.810. The van der Waals surface area contributed by atoms with Crippen molar-refractivity contribution in [3.63, 3.8) is 0 Å². The monoisotopic (exact) mass is 241 g/mol. The maximum Gasteiger partial charge on any atom is 0.311 e. The normalized spacial score (nSPS) is 19.1. The van der Waals surface area contributed by atoms with Gasteiger partial charge in [0.2, 0.25) is 5.91 Å². The maximum atomic E-state index is 13.1. The number of anilines is 1. The minimum absolute atomic E-state index is 0.104. The first-order valence-electron chi connectivity index (χ1n) is 4.90. The van der Waals surface area contributed by atoms with Crippen LogP contribution in [-0.4, -0.2) is 24.0 Å². The minimum Gasteiger partial charge on any atom is -0.481 e. The van der Waals surface area contributed by atoms with E-state index in [-0.39, 0.29) is 17.7 Å². The number of nitrogens with zero attached hydrogens (tertiary/aromatic N) is 1. The Balaban J connectivity index is 2.64. The van der Waals surface area contributed by atoms with Gasteiger partial charge in [0.05, 0.1) is 11.6 Å². The van der Waals surface area contributed by atoms with Gasteiger partial charge in [0, 0.05) is 19.5 Å².